The highest BCUT2D eigenvalue weighted by molar-refractivity contribution is 7.97. The van der Waals surface area contributed by atoms with Crippen LogP contribution in [0.2, 0.25) is 0 Å². The molecule has 0 heterocycles. The molecule has 0 spiro atoms. The van der Waals surface area contributed by atoms with E-state index < -0.39 is 0 Å². The third-order valence-corrected chi connectivity index (χ3v) is 1.97. The lowest BCUT2D eigenvalue weighted by Gasteiger charge is -2.01. The van der Waals surface area contributed by atoms with Gasteiger partial charge in [0.25, 0.3) is 0 Å². The van der Waals surface area contributed by atoms with Crippen molar-refractivity contribution in [3.8, 4) is 0 Å². The Morgan fingerprint density at radius 3 is 2.79 bits per heavy atom. The maximum Gasteiger partial charge on any atom is 0.209 e. The minimum absolute atomic E-state index is 0.238. The summed E-state index contributed by atoms with van der Waals surface area (Å²) in [5, 5.41) is -0.238. The van der Waals surface area contributed by atoms with E-state index in [9.17, 15) is 4.79 Å². The molecule has 14 heavy (non-hydrogen) atoms. The highest BCUT2D eigenvalue weighted by Crippen LogP contribution is 2.11. The summed E-state index contributed by atoms with van der Waals surface area (Å²) in [5.41, 5.74) is 2.20. The SMILES string of the molecule is C=CCc1ccccc1/C=C/C(=O)S. The Balaban J connectivity index is 2.94. The molecule has 0 aliphatic rings. The zero-order chi connectivity index (χ0) is 10.4. The van der Waals surface area contributed by atoms with Crippen LogP contribution in [0, 0.1) is 0 Å². The maximum atomic E-state index is 10.6. The van der Waals surface area contributed by atoms with Gasteiger partial charge in [0, 0.05) is 0 Å². The van der Waals surface area contributed by atoms with Crippen LogP contribution in [0.1, 0.15) is 11.1 Å². The summed E-state index contributed by atoms with van der Waals surface area (Å²) in [6.45, 7) is 3.69. The van der Waals surface area contributed by atoms with E-state index in [1.165, 1.54) is 6.08 Å². The lowest BCUT2D eigenvalue weighted by Crippen LogP contribution is -1.86. The minimum atomic E-state index is -0.238. The molecule has 0 fully saturated rings. The normalized spacial score (nSPS) is 10.4. The quantitative estimate of drug-likeness (QED) is 0.453. The van der Waals surface area contributed by atoms with Crippen molar-refractivity contribution in [3.05, 3.63) is 54.1 Å². The van der Waals surface area contributed by atoms with E-state index in [2.05, 4.69) is 19.2 Å². The average molecular weight is 204 g/mol. The van der Waals surface area contributed by atoms with Crippen LogP contribution in [0.3, 0.4) is 0 Å². The van der Waals surface area contributed by atoms with Gasteiger partial charge in [-0.1, -0.05) is 36.4 Å². The second-order valence-electron chi connectivity index (χ2n) is 2.86. The largest absolute Gasteiger partial charge is 0.283 e. The van der Waals surface area contributed by atoms with Crippen LogP contribution in [0.15, 0.2) is 43.0 Å². The van der Waals surface area contributed by atoms with Crippen LogP contribution in [0.5, 0.6) is 0 Å². The molecule has 1 aromatic rings. The van der Waals surface area contributed by atoms with Gasteiger partial charge in [0.1, 0.15) is 0 Å². The zero-order valence-electron chi connectivity index (χ0n) is 7.81. The Bertz CT molecular complexity index is 366. The molecule has 1 nitrogen and oxygen atoms in total. The average Bonchev–Trinajstić information content (AvgIpc) is 2.17. The molecule has 0 atom stereocenters. The van der Waals surface area contributed by atoms with Gasteiger partial charge in [-0.25, -0.2) is 0 Å². The molecule has 0 aliphatic heterocycles. The van der Waals surface area contributed by atoms with Crippen molar-refractivity contribution in [3.63, 3.8) is 0 Å². The van der Waals surface area contributed by atoms with Crippen molar-refractivity contribution in [1.29, 1.82) is 0 Å². The molecule has 1 rings (SSSR count). The molecule has 0 amide bonds. The summed E-state index contributed by atoms with van der Waals surface area (Å²) in [6.07, 6.45) is 5.87. The molecular weight excluding hydrogens is 192 g/mol. The second kappa shape index (κ2) is 5.45. The van der Waals surface area contributed by atoms with Gasteiger partial charge in [-0.15, -0.1) is 19.2 Å². The van der Waals surface area contributed by atoms with Crippen LogP contribution in [0.25, 0.3) is 6.08 Å². The van der Waals surface area contributed by atoms with Gasteiger partial charge >= 0.3 is 0 Å². The summed E-state index contributed by atoms with van der Waals surface area (Å²) >= 11 is 3.67. The molecule has 0 bridgehead atoms. The van der Waals surface area contributed by atoms with Gasteiger partial charge < -0.3 is 0 Å². The van der Waals surface area contributed by atoms with Crippen LogP contribution >= 0.6 is 12.6 Å². The number of hydrogen-bond donors (Lipinski definition) is 1. The predicted molar refractivity (Wildman–Crippen MR) is 63.4 cm³/mol. The molecular formula is C12H12OS. The smallest absolute Gasteiger partial charge is 0.209 e. The fourth-order valence-electron chi connectivity index (χ4n) is 1.20. The number of allylic oxidation sites excluding steroid dienone is 1. The lowest BCUT2D eigenvalue weighted by molar-refractivity contribution is -0.106. The number of hydrogen-bond acceptors (Lipinski definition) is 1. The van der Waals surface area contributed by atoms with Crippen LogP contribution < -0.4 is 0 Å². The van der Waals surface area contributed by atoms with Gasteiger partial charge in [-0.2, -0.15) is 0 Å². The monoisotopic (exact) mass is 204 g/mol. The summed E-state index contributed by atoms with van der Waals surface area (Å²) < 4.78 is 0. The van der Waals surface area contributed by atoms with E-state index in [1.54, 1.807) is 6.08 Å². The Kier molecular flexibility index (Phi) is 4.20. The van der Waals surface area contributed by atoms with Crippen LogP contribution in [-0.2, 0) is 11.2 Å². The first-order chi connectivity index (χ1) is 6.74. The number of carbonyl (C=O) groups is 1. The number of benzene rings is 1. The van der Waals surface area contributed by atoms with Gasteiger partial charge in [0.15, 0.2) is 0 Å². The standard InChI is InChI=1S/C12H12OS/c1-2-5-10-6-3-4-7-11(10)8-9-12(13)14/h2-4,6-9H,1,5H2,(H,13,14)/b9-8+. The fourth-order valence-corrected chi connectivity index (χ4v) is 1.27. The molecule has 0 saturated heterocycles. The number of thiol groups is 1. The first-order valence-corrected chi connectivity index (χ1v) is 4.78. The summed E-state index contributed by atoms with van der Waals surface area (Å²) in [4.78, 5) is 10.6. The molecule has 0 unspecified atom stereocenters. The Hall–Kier alpha value is -1.28. The summed E-state index contributed by atoms with van der Waals surface area (Å²) in [7, 11) is 0. The summed E-state index contributed by atoms with van der Waals surface area (Å²) in [6, 6.07) is 7.89. The third kappa shape index (κ3) is 3.23. The van der Waals surface area contributed by atoms with Gasteiger partial charge in [0.05, 0.1) is 0 Å². The molecule has 0 saturated carbocycles. The highest BCUT2D eigenvalue weighted by Gasteiger charge is 1.95. The van der Waals surface area contributed by atoms with Crippen molar-refractivity contribution < 1.29 is 4.79 Å². The van der Waals surface area contributed by atoms with E-state index in [4.69, 9.17) is 0 Å². The van der Waals surface area contributed by atoms with Crippen molar-refractivity contribution in [1.82, 2.24) is 0 Å². The molecule has 2 heteroatoms. The van der Waals surface area contributed by atoms with E-state index >= 15 is 0 Å². The molecule has 1 aromatic carbocycles. The van der Waals surface area contributed by atoms with Gasteiger partial charge in [-0.05, 0) is 23.6 Å². The van der Waals surface area contributed by atoms with Crippen LogP contribution in [0.4, 0.5) is 0 Å². The Labute approximate surface area is 89.6 Å². The molecule has 0 radical (unpaired) electrons. The molecule has 0 N–H and O–H groups in total. The third-order valence-electron chi connectivity index (χ3n) is 1.82. The molecule has 72 valence electrons. The fraction of sp³-hybridized carbons (Fsp3) is 0.0833. The Morgan fingerprint density at radius 1 is 1.43 bits per heavy atom. The second-order valence-corrected chi connectivity index (χ2v) is 3.30. The number of rotatable bonds is 4. The molecule has 0 aliphatic carbocycles. The summed E-state index contributed by atoms with van der Waals surface area (Å²) in [5.74, 6) is 0. The maximum absolute atomic E-state index is 10.6. The van der Waals surface area contributed by atoms with Crippen LogP contribution in [-0.4, -0.2) is 5.12 Å². The van der Waals surface area contributed by atoms with E-state index in [0.717, 1.165) is 17.5 Å². The van der Waals surface area contributed by atoms with Crippen molar-refractivity contribution >= 4 is 23.8 Å². The van der Waals surface area contributed by atoms with Gasteiger partial charge in [0.2, 0.25) is 5.12 Å². The van der Waals surface area contributed by atoms with E-state index in [0.29, 0.717) is 0 Å². The van der Waals surface area contributed by atoms with Crippen molar-refractivity contribution in [2.24, 2.45) is 0 Å². The van der Waals surface area contributed by atoms with Gasteiger partial charge in [-0.3, -0.25) is 4.79 Å². The number of carbonyl (C=O) groups excluding carboxylic acids is 1. The minimum Gasteiger partial charge on any atom is -0.283 e. The van der Waals surface area contributed by atoms with E-state index in [1.807, 2.05) is 30.3 Å². The van der Waals surface area contributed by atoms with Crippen molar-refractivity contribution in [2.45, 2.75) is 6.42 Å². The topological polar surface area (TPSA) is 17.1 Å². The first kappa shape index (κ1) is 10.8. The van der Waals surface area contributed by atoms with Crippen molar-refractivity contribution in [2.75, 3.05) is 0 Å². The Morgan fingerprint density at radius 2 is 2.14 bits per heavy atom. The molecule has 0 aromatic heterocycles. The highest BCUT2D eigenvalue weighted by atomic mass is 32.1. The lowest BCUT2D eigenvalue weighted by atomic mass is 10.0. The predicted octanol–water partition coefficient (Wildman–Crippen LogP) is 2.88. The first-order valence-electron chi connectivity index (χ1n) is 4.34. The van der Waals surface area contributed by atoms with E-state index in [-0.39, 0.29) is 5.12 Å². The zero-order valence-corrected chi connectivity index (χ0v) is 8.71.